The fourth-order valence-corrected chi connectivity index (χ4v) is 4.23. The van der Waals surface area contributed by atoms with Crippen LogP contribution in [-0.4, -0.2) is 37.7 Å². The van der Waals surface area contributed by atoms with E-state index in [-0.39, 0.29) is 48.6 Å². The van der Waals surface area contributed by atoms with Gasteiger partial charge in [-0.3, -0.25) is 9.59 Å². The highest BCUT2D eigenvalue weighted by atomic mass is 19.4. The number of fused-ring (bicyclic) bond motifs is 1. The van der Waals surface area contributed by atoms with Gasteiger partial charge >= 0.3 is 24.0 Å². The lowest BCUT2D eigenvalue weighted by atomic mass is 9.92. The third-order valence-electron chi connectivity index (χ3n) is 6.07. The van der Waals surface area contributed by atoms with Crippen molar-refractivity contribution in [1.29, 1.82) is 0 Å². The minimum Gasteiger partial charge on any atom is -0.496 e. The number of amides is 1. The van der Waals surface area contributed by atoms with Crippen LogP contribution in [-0.2, 0) is 27.4 Å². The molecule has 0 saturated heterocycles. The minimum atomic E-state index is -5.15. The first-order chi connectivity index (χ1) is 17.5. The van der Waals surface area contributed by atoms with Gasteiger partial charge < -0.3 is 19.1 Å². The molecule has 37 heavy (non-hydrogen) atoms. The summed E-state index contributed by atoms with van der Waals surface area (Å²) in [5, 5.41) is 0. The number of esters is 2. The fraction of sp³-hybridized carbons (Fsp3) is 0.370. The van der Waals surface area contributed by atoms with Crippen molar-refractivity contribution in [1.82, 2.24) is 0 Å². The highest BCUT2D eigenvalue weighted by molar-refractivity contribution is 6.08. The normalized spacial score (nSPS) is 13.2. The van der Waals surface area contributed by atoms with Crippen molar-refractivity contribution in [2.75, 3.05) is 18.6 Å². The van der Waals surface area contributed by atoms with Gasteiger partial charge in [-0.1, -0.05) is 29.8 Å². The van der Waals surface area contributed by atoms with Crippen molar-refractivity contribution >= 4 is 23.5 Å². The molecule has 0 fully saturated rings. The van der Waals surface area contributed by atoms with Crippen LogP contribution in [0.25, 0.3) is 0 Å². The number of allylic oxidation sites excluding steroid dienone is 2. The lowest BCUT2D eigenvalue weighted by Crippen LogP contribution is -2.42. The largest absolute Gasteiger partial charge is 0.496 e. The van der Waals surface area contributed by atoms with Gasteiger partial charge in [-0.15, -0.1) is 0 Å². The number of cyclic esters (lactones) is 1. The van der Waals surface area contributed by atoms with Gasteiger partial charge in [0.1, 0.15) is 18.1 Å². The molecule has 0 N–H and O–H groups in total. The second kappa shape index (κ2) is 11.5. The van der Waals surface area contributed by atoms with E-state index in [0.29, 0.717) is 28.2 Å². The van der Waals surface area contributed by atoms with Gasteiger partial charge in [-0.2, -0.15) is 13.2 Å². The summed E-state index contributed by atoms with van der Waals surface area (Å²) in [6, 6.07) is 8.62. The molecule has 1 heterocycles. The Morgan fingerprint density at radius 2 is 1.84 bits per heavy atom. The monoisotopic (exact) mass is 519 g/mol. The number of halogens is 3. The molecule has 0 atom stereocenters. The summed E-state index contributed by atoms with van der Waals surface area (Å²) >= 11 is 0. The number of hydrogen-bond acceptors (Lipinski definition) is 6. The molecule has 1 amide bonds. The zero-order valence-electron chi connectivity index (χ0n) is 21.0. The van der Waals surface area contributed by atoms with Crippen molar-refractivity contribution in [2.45, 2.75) is 52.8 Å². The third kappa shape index (κ3) is 6.12. The van der Waals surface area contributed by atoms with Crippen molar-refractivity contribution in [3.8, 4) is 11.5 Å². The lowest BCUT2D eigenvalue weighted by molar-refractivity contribution is -0.170. The summed E-state index contributed by atoms with van der Waals surface area (Å²) in [4.78, 5) is 37.7. The van der Waals surface area contributed by atoms with E-state index in [0.717, 1.165) is 5.57 Å². The number of carbonyl (C=O) groups is 3. The molecule has 1 aliphatic heterocycles. The van der Waals surface area contributed by atoms with E-state index in [1.54, 1.807) is 50.3 Å². The van der Waals surface area contributed by atoms with Gasteiger partial charge in [0.2, 0.25) is 0 Å². The molecular weight excluding hydrogens is 491 g/mol. The quantitative estimate of drug-likeness (QED) is 0.249. The Balaban J connectivity index is 1.95. The molecule has 0 aliphatic carbocycles. The predicted octanol–water partition coefficient (Wildman–Crippen LogP) is 5.46. The first-order valence-electron chi connectivity index (χ1n) is 11.7. The van der Waals surface area contributed by atoms with E-state index in [2.05, 4.69) is 0 Å². The zero-order valence-corrected chi connectivity index (χ0v) is 21.0. The van der Waals surface area contributed by atoms with Crippen LogP contribution in [0.5, 0.6) is 11.5 Å². The molecule has 2 aromatic carbocycles. The fourth-order valence-electron chi connectivity index (χ4n) is 4.23. The Morgan fingerprint density at radius 1 is 1.16 bits per heavy atom. The van der Waals surface area contributed by atoms with Gasteiger partial charge in [-0.25, -0.2) is 4.79 Å². The van der Waals surface area contributed by atoms with Crippen molar-refractivity contribution in [3.05, 3.63) is 64.2 Å². The van der Waals surface area contributed by atoms with Crippen LogP contribution in [0.4, 0.5) is 18.9 Å². The molecule has 7 nitrogen and oxygen atoms in total. The van der Waals surface area contributed by atoms with Crippen molar-refractivity contribution < 1.29 is 41.8 Å². The van der Waals surface area contributed by atoms with Gasteiger partial charge in [0.05, 0.1) is 18.4 Å². The van der Waals surface area contributed by atoms with Gasteiger partial charge in [-0.05, 0) is 51.3 Å². The van der Waals surface area contributed by atoms with Crippen LogP contribution < -0.4 is 14.4 Å². The van der Waals surface area contributed by atoms with Gasteiger partial charge in [0.25, 0.3) is 0 Å². The molecule has 0 radical (unpaired) electrons. The Hall–Kier alpha value is -3.82. The lowest BCUT2D eigenvalue weighted by Gasteiger charge is -2.28. The second-order valence-electron chi connectivity index (χ2n) is 8.50. The van der Waals surface area contributed by atoms with Crippen LogP contribution >= 0.6 is 0 Å². The van der Waals surface area contributed by atoms with Crippen LogP contribution in [0.3, 0.4) is 0 Å². The summed E-state index contributed by atoms with van der Waals surface area (Å²) < 4.78 is 56.3. The second-order valence-corrected chi connectivity index (χ2v) is 8.50. The van der Waals surface area contributed by atoms with E-state index in [9.17, 15) is 27.6 Å². The number of carbonyl (C=O) groups excluding carboxylic acids is 3. The molecule has 10 heteroatoms. The summed E-state index contributed by atoms with van der Waals surface area (Å²) in [5.41, 5.74) is 1.73. The average Bonchev–Trinajstić information content (AvgIpc) is 3.24. The number of nitrogens with zero attached hydrogens (tertiary/aromatic N) is 1. The summed E-state index contributed by atoms with van der Waals surface area (Å²) in [7, 11) is 1.37. The first-order valence-corrected chi connectivity index (χ1v) is 11.7. The van der Waals surface area contributed by atoms with Crippen LogP contribution in [0.2, 0.25) is 0 Å². The number of benzene rings is 2. The summed E-state index contributed by atoms with van der Waals surface area (Å²) in [6.45, 7) is 4.40. The average molecular weight is 520 g/mol. The Kier molecular flexibility index (Phi) is 8.62. The molecule has 0 unspecified atom stereocenters. The molecule has 0 spiro atoms. The highest BCUT2D eigenvalue weighted by Crippen LogP contribution is 2.44. The topological polar surface area (TPSA) is 82.1 Å². The standard InChI is InChI=1S/C27H28F3NO6/c1-5-31(26(34)27(28,29)30)23-19(24(35-4)17(3)20-15-36-25(33)22(20)23)13-11-16(2)12-14-21(32)37-18-9-7-6-8-10-18/h6-11H,5,12-15H2,1-4H3/b16-11+. The predicted molar refractivity (Wildman–Crippen MR) is 130 cm³/mol. The molecule has 2 aromatic rings. The van der Waals surface area contributed by atoms with E-state index >= 15 is 0 Å². The van der Waals surface area contributed by atoms with Crippen LogP contribution in [0.15, 0.2) is 42.0 Å². The van der Waals surface area contributed by atoms with Crippen LogP contribution in [0.1, 0.15) is 53.7 Å². The molecule has 0 saturated carbocycles. The number of hydrogen-bond donors (Lipinski definition) is 0. The maximum absolute atomic E-state index is 13.5. The van der Waals surface area contributed by atoms with E-state index in [1.807, 2.05) is 0 Å². The Bertz CT molecular complexity index is 1220. The smallest absolute Gasteiger partial charge is 0.471 e. The highest BCUT2D eigenvalue weighted by Gasteiger charge is 2.45. The SMILES string of the molecule is CCN(C(=O)C(F)(F)F)c1c(C/C=C(\C)CCC(=O)Oc2ccccc2)c(OC)c(C)c2c1C(=O)OC2. The molecule has 1 aliphatic rings. The third-order valence-corrected chi connectivity index (χ3v) is 6.07. The Morgan fingerprint density at radius 3 is 2.43 bits per heavy atom. The Labute approximate surface area is 212 Å². The zero-order chi connectivity index (χ0) is 27.3. The number of methoxy groups -OCH3 is 1. The molecular formula is C27H28F3NO6. The molecule has 3 rings (SSSR count). The minimum absolute atomic E-state index is 0.0567. The van der Waals surface area contributed by atoms with Crippen LogP contribution in [0, 0.1) is 6.92 Å². The van der Waals surface area contributed by atoms with Crippen molar-refractivity contribution in [2.24, 2.45) is 0 Å². The van der Waals surface area contributed by atoms with Crippen molar-refractivity contribution in [3.63, 3.8) is 0 Å². The number of alkyl halides is 3. The first kappa shape index (κ1) is 27.8. The molecule has 198 valence electrons. The molecule has 0 bridgehead atoms. The van der Waals surface area contributed by atoms with E-state index < -0.39 is 24.0 Å². The maximum atomic E-state index is 13.5. The van der Waals surface area contributed by atoms with E-state index in [4.69, 9.17) is 14.2 Å². The van der Waals surface area contributed by atoms with E-state index in [1.165, 1.54) is 14.0 Å². The van der Waals surface area contributed by atoms with Gasteiger partial charge in [0, 0.05) is 24.1 Å². The summed E-state index contributed by atoms with van der Waals surface area (Å²) in [6.07, 6.45) is -2.93. The maximum Gasteiger partial charge on any atom is 0.471 e. The number of para-hydroxylation sites is 1. The molecule has 0 aromatic heterocycles. The van der Waals surface area contributed by atoms with Gasteiger partial charge in [0.15, 0.2) is 0 Å². The number of ether oxygens (including phenoxy) is 3. The number of rotatable bonds is 9. The number of anilines is 1. The summed E-state index contributed by atoms with van der Waals surface area (Å²) in [5.74, 6) is -2.62.